The molecule has 4 fully saturated rings. The van der Waals surface area contributed by atoms with E-state index in [1.807, 2.05) is 0 Å². The zero-order chi connectivity index (χ0) is 29.6. The van der Waals surface area contributed by atoms with Crippen LogP contribution in [0.1, 0.15) is 116 Å². The number of hydrogen-bond donors (Lipinski definition) is 1. The van der Waals surface area contributed by atoms with Crippen molar-refractivity contribution in [3.05, 3.63) is 24.3 Å². The van der Waals surface area contributed by atoms with Crippen LogP contribution in [0.5, 0.6) is 0 Å². The van der Waals surface area contributed by atoms with Crippen LogP contribution < -0.4 is 0 Å². The number of methoxy groups -OCH3 is 1. The third kappa shape index (κ3) is 10.7. The third-order valence-corrected chi connectivity index (χ3v) is 9.89. The van der Waals surface area contributed by atoms with Gasteiger partial charge in [-0.3, -0.25) is 4.79 Å². The molecule has 7 nitrogen and oxygen atoms in total. The number of rotatable bonds is 16. The van der Waals surface area contributed by atoms with Crippen LogP contribution in [0.25, 0.3) is 0 Å². The van der Waals surface area contributed by atoms with Gasteiger partial charge in [-0.1, -0.05) is 56.9 Å². The van der Waals surface area contributed by atoms with Gasteiger partial charge in [-0.25, -0.2) is 0 Å². The van der Waals surface area contributed by atoms with Gasteiger partial charge in [0.25, 0.3) is 0 Å². The minimum atomic E-state index is -0.432. The van der Waals surface area contributed by atoms with E-state index in [4.69, 9.17) is 23.7 Å². The summed E-state index contributed by atoms with van der Waals surface area (Å²) >= 11 is 0. The molecule has 0 aromatic heterocycles. The van der Waals surface area contributed by atoms with E-state index in [2.05, 4.69) is 31.2 Å². The second-order valence-electron chi connectivity index (χ2n) is 13.1. The molecule has 7 heteroatoms. The van der Waals surface area contributed by atoms with Crippen LogP contribution >= 0.6 is 0 Å². The van der Waals surface area contributed by atoms with Crippen LogP contribution in [0.4, 0.5) is 0 Å². The van der Waals surface area contributed by atoms with Crippen molar-refractivity contribution in [3.63, 3.8) is 0 Å². The van der Waals surface area contributed by atoms with E-state index >= 15 is 0 Å². The van der Waals surface area contributed by atoms with Crippen LogP contribution in [-0.2, 0) is 28.5 Å². The van der Waals surface area contributed by atoms with Gasteiger partial charge >= 0.3 is 5.97 Å². The molecule has 240 valence electrons. The third-order valence-electron chi connectivity index (χ3n) is 9.89. The summed E-state index contributed by atoms with van der Waals surface area (Å²) in [5, 5.41) is 11.2. The van der Waals surface area contributed by atoms with Crippen molar-refractivity contribution in [1.82, 2.24) is 0 Å². The quantitative estimate of drug-likeness (QED) is 0.115. The van der Waals surface area contributed by atoms with E-state index in [0.717, 1.165) is 76.9 Å². The molecule has 0 aromatic carbocycles. The average molecular weight is 591 g/mol. The SMILES string of the molecule is CCCCC1CCC([C@@H](/C=C/[C@@H]2[C@@H](C/C=C\CCCC(=O)OC)[C@@H](O)C[C@H]2OC2CCCCO2)OC2CCCCO2)C1. The van der Waals surface area contributed by atoms with Gasteiger partial charge in [-0.15, -0.1) is 0 Å². The highest BCUT2D eigenvalue weighted by Gasteiger charge is 2.43. The highest BCUT2D eigenvalue weighted by Crippen LogP contribution is 2.42. The molecule has 0 aromatic rings. The molecular formula is C35H58O7. The van der Waals surface area contributed by atoms with Gasteiger partial charge in [-0.2, -0.15) is 0 Å². The topological polar surface area (TPSA) is 83.5 Å². The molecule has 42 heavy (non-hydrogen) atoms. The number of aliphatic hydroxyl groups excluding tert-OH is 1. The van der Waals surface area contributed by atoms with Crippen LogP contribution in [0.3, 0.4) is 0 Å². The molecule has 9 atom stereocenters. The van der Waals surface area contributed by atoms with Gasteiger partial charge in [0.1, 0.15) is 0 Å². The Kier molecular flexibility index (Phi) is 14.8. The average Bonchev–Trinajstić information content (AvgIpc) is 3.60. The van der Waals surface area contributed by atoms with Crippen molar-refractivity contribution in [1.29, 1.82) is 0 Å². The second kappa shape index (κ2) is 18.5. The first-order chi connectivity index (χ1) is 20.6. The predicted molar refractivity (Wildman–Crippen MR) is 164 cm³/mol. The highest BCUT2D eigenvalue weighted by molar-refractivity contribution is 5.69. The van der Waals surface area contributed by atoms with Gasteiger partial charge < -0.3 is 28.8 Å². The van der Waals surface area contributed by atoms with E-state index in [1.165, 1.54) is 45.6 Å². The summed E-state index contributed by atoms with van der Waals surface area (Å²) in [6.07, 6.45) is 25.5. The molecule has 0 bridgehead atoms. The summed E-state index contributed by atoms with van der Waals surface area (Å²) in [6.45, 7) is 3.81. The number of carbonyl (C=O) groups is 1. The van der Waals surface area contributed by atoms with Crippen molar-refractivity contribution in [3.8, 4) is 0 Å². The van der Waals surface area contributed by atoms with Crippen molar-refractivity contribution >= 4 is 5.97 Å². The molecule has 4 aliphatic rings. The largest absolute Gasteiger partial charge is 0.469 e. The minimum absolute atomic E-state index is 0.0264. The van der Waals surface area contributed by atoms with E-state index < -0.39 is 6.10 Å². The minimum Gasteiger partial charge on any atom is -0.469 e. The lowest BCUT2D eigenvalue weighted by molar-refractivity contribution is -0.193. The number of ether oxygens (including phenoxy) is 5. The molecule has 2 heterocycles. The summed E-state index contributed by atoms with van der Waals surface area (Å²) < 4.78 is 30.0. The molecule has 2 saturated heterocycles. The first-order valence-electron chi connectivity index (χ1n) is 17.2. The van der Waals surface area contributed by atoms with Crippen molar-refractivity contribution in [2.24, 2.45) is 23.7 Å². The maximum absolute atomic E-state index is 11.4. The Morgan fingerprint density at radius 3 is 2.48 bits per heavy atom. The van der Waals surface area contributed by atoms with Gasteiger partial charge in [0, 0.05) is 32.0 Å². The number of hydrogen-bond acceptors (Lipinski definition) is 7. The number of allylic oxidation sites excluding steroid dienone is 2. The molecule has 2 aliphatic heterocycles. The summed E-state index contributed by atoms with van der Waals surface area (Å²) in [7, 11) is 1.43. The Bertz CT molecular complexity index is 816. The first kappa shape index (κ1) is 33.6. The zero-order valence-electron chi connectivity index (χ0n) is 26.3. The maximum atomic E-state index is 11.4. The van der Waals surface area contributed by atoms with E-state index in [9.17, 15) is 9.90 Å². The summed E-state index contributed by atoms with van der Waals surface area (Å²) in [5.41, 5.74) is 0. The number of esters is 1. The monoisotopic (exact) mass is 590 g/mol. The lowest BCUT2D eigenvalue weighted by Gasteiger charge is -2.31. The van der Waals surface area contributed by atoms with Crippen LogP contribution in [-0.4, -0.2) is 62.3 Å². The lowest BCUT2D eigenvalue weighted by atomic mass is 9.88. The normalized spacial score (nSPS) is 34.8. The summed E-state index contributed by atoms with van der Waals surface area (Å²) in [4.78, 5) is 11.4. The van der Waals surface area contributed by atoms with Gasteiger partial charge in [-0.05, 0) is 88.4 Å². The van der Waals surface area contributed by atoms with Crippen LogP contribution in [0.2, 0.25) is 0 Å². The van der Waals surface area contributed by atoms with E-state index in [-0.39, 0.29) is 42.6 Å². The Labute approximate surface area is 254 Å². The Morgan fingerprint density at radius 1 is 0.976 bits per heavy atom. The number of aliphatic hydroxyl groups is 1. The molecule has 4 unspecified atom stereocenters. The fraction of sp³-hybridized carbons (Fsp3) is 0.857. The molecule has 1 N–H and O–H groups in total. The standard InChI is InChI=1S/C35H58O7/c1-3-4-13-26-18-19-27(24-26)31(41-34-16-9-11-22-39-34)21-20-29-28(14-7-5-6-8-15-33(37)38-2)30(36)25-32(29)42-35-17-10-12-23-40-35/h5,7,20-21,26-32,34-36H,3-4,6,8-19,22-25H2,1-2H3/b7-5-,21-20+/t26?,27?,28-,29-,30+,31-,32-,34?,35?/m1/s1. The molecule has 0 radical (unpaired) electrons. The lowest BCUT2D eigenvalue weighted by Crippen LogP contribution is -2.32. The Hall–Kier alpha value is -1.25. The smallest absolute Gasteiger partial charge is 0.305 e. The molecule has 2 aliphatic carbocycles. The fourth-order valence-electron chi connectivity index (χ4n) is 7.39. The van der Waals surface area contributed by atoms with Crippen molar-refractivity contribution in [2.45, 2.75) is 147 Å². The molecular weight excluding hydrogens is 532 g/mol. The molecule has 0 amide bonds. The van der Waals surface area contributed by atoms with Gasteiger partial charge in [0.2, 0.25) is 0 Å². The van der Waals surface area contributed by atoms with Crippen molar-refractivity contribution < 1.29 is 33.6 Å². The number of carbonyl (C=O) groups excluding carboxylic acids is 1. The summed E-state index contributed by atoms with van der Waals surface area (Å²) in [5.74, 6) is 1.29. The predicted octanol–water partition coefficient (Wildman–Crippen LogP) is 7.26. The van der Waals surface area contributed by atoms with E-state index in [1.54, 1.807) is 0 Å². The Morgan fingerprint density at radius 2 is 1.76 bits per heavy atom. The van der Waals surface area contributed by atoms with Crippen LogP contribution in [0.15, 0.2) is 24.3 Å². The molecule has 4 rings (SSSR count). The Balaban J connectivity index is 1.45. The second-order valence-corrected chi connectivity index (χ2v) is 13.1. The zero-order valence-corrected chi connectivity index (χ0v) is 26.3. The molecule has 0 spiro atoms. The van der Waals surface area contributed by atoms with Crippen LogP contribution in [0, 0.1) is 23.7 Å². The highest BCUT2D eigenvalue weighted by atomic mass is 16.7. The van der Waals surface area contributed by atoms with E-state index in [0.29, 0.717) is 18.8 Å². The van der Waals surface area contributed by atoms with Gasteiger partial charge in [0.05, 0.1) is 25.4 Å². The molecule has 2 saturated carbocycles. The number of unbranched alkanes of at least 4 members (excludes halogenated alkanes) is 2. The first-order valence-corrected chi connectivity index (χ1v) is 17.2. The van der Waals surface area contributed by atoms with Crippen molar-refractivity contribution in [2.75, 3.05) is 20.3 Å². The van der Waals surface area contributed by atoms with Gasteiger partial charge in [0.15, 0.2) is 12.6 Å². The maximum Gasteiger partial charge on any atom is 0.305 e. The summed E-state index contributed by atoms with van der Waals surface area (Å²) in [6, 6.07) is 0. The fourth-order valence-corrected chi connectivity index (χ4v) is 7.39.